The number of imidazole rings is 1. The summed E-state index contributed by atoms with van der Waals surface area (Å²) in [5.41, 5.74) is 2.48. The summed E-state index contributed by atoms with van der Waals surface area (Å²) in [6, 6.07) is 8.34. The van der Waals surface area contributed by atoms with Crippen LogP contribution in [-0.4, -0.2) is 35.2 Å². The number of ether oxygens (including phenoxy) is 1. The summed E-state index contributed by atoms with van der Waals surface area (Å²) in [6.07, 6.45) is 6.66. The predicted octanol–water partition coefficient (Wildman–Crippen LogP) is 2.44. The molecular formula is C17H21N3O2. The molecule has 116 valence electrons. The Morgan fingerprint density at radius 2 is 2.27 bits per heavy atom. The number of hydrogen-bond acceptors (Lipinski definition) is 4. The molecule has 5 nitrogen and oxygen atoms in total. The van der Waals surface area contributed by atoms with Gasteiger partial charge in [0.2, 0.25) is 0 Å². The highest BCUT2D eigenvalue weighted by Gasteiger charge is 2.29. The Bertz CT molecular complexity index is 625. The molecule has 0 amide bonds. The van der Waals surface area contributed by atoms with Crippen LogP contribution in [0.5, 0.6) is 0 Å². The third-order valence-electron chi connectivity index (χ3n) is 4.08. The first-order chi connectivity index (χ1) is 10.8. The van der Waals surface area contributed by atoms with E-state index in [1.807, 2.05) is 25.5 Å². The van der Waals surface area contributed by atoms with Gasteiger partial charge in [-0.15, -0.1) is 0 Å². The second-order valence-corrected chi connectivity index (χ2v) is 5.53. The minimum absolute atomic E-state index is 0.160. The number of anilines is 1. The molecule has 0 fully saturated rings. The lowest BCUT2D eigenvalue weighted by Gasteiger charge is -2.18. The normalized spacial score (nSPS) is 16.6. The first kappa shape index (κ1) is 14.6. The minimum Gasteiger partial charge on any atom is -0.465 e. The third kappa shape index (κ3) is 3.13. The van der Waals surface area contributed by atoms with E-state index in [9.17, 15) is 4.79 Å². The van der Waals surface area contributed by atoms with Crippen LogP contribution in [0.3, 0.4) is 0 Å². The number of rotatable bonds is 6. The zero-order valence-corrected chi connectivity index (χ0v) is 12.8. The monoisotopic (exact) mass is 299 g/mol. The number of aromatic nitrogens is 2. The van der Waals surface area contributed by atoms with Crippen LogP contribution in [0.15, 0.2) is 43.0 Å². The maximum Gasteiger partial charge on any atom is 0.325 e. The fourth-order valence-electron chi connectivity index (χ4n) is 3.07. The van der Waals surface area contributed by atoms with Gasteiger partial charge >= 0.3 is 5.97 Å². The Hall–Kier alpha value is -2.30. The van der Waals surface area contributed by atoms with Crippen LogP contribution >= 0.6 is 0 Å². The van der Waals surface area contributed by atoms with E-state index in [-0.39, 0.29) is 5.97 Å². The highest BCUT2D eigenvalue weighted by molar-refractivity contribution is 5.77. The van der Waals surface area contributed by atoms with Crippen molar-refractivity contribution in [3.8, 4) is 0 Å². The van der Waals surface area contributed by atoms with Crippen LogP contribution in [0.25, 0.3) is 0 Å². The van der Waals surface area contributed by atoms with E-state index >= 15 is 0 Å². The van der Waals surface area contributed by atoms with E-state index in [4.69, 9.17) is 4.74 Å². The number of para-hydroxylation sites is 1. The molecule has 0 saturated carbocycles. The van der Waals surface area contributed by atoms with Gasteiger partial charge in [-0.1, -0.05) is 18.2 Å². The maximum atomic E-state index is 11.8. The molecule has 5 heteroatoms. The smallest absolute Gasteiger partial charge is 0.325 e. The summed E-state index contributed by atoms with van der Waals surface area (Å²) in [4.78, 5) is 18.0. The van der Waals surface area contributed by atoms with Gasteiger partial charge in [0.25, 0.3) is 0 Å². The van der Waals surface area contributed by atoms with Crippen molar-refractivity contribution in [2.45, 2.75) is 25.8 Å². The van der Waals surface area contributed by atoms with E-state index in [1.165, 1.54) is 5.56 Å². The van der Waals surface area contributed by atoms with Crippen LogP contribution in [0.1, 0.15) is 24.8 Å². The van der Waals surface area contributed by atoms with E-state index in [2.05, 4.69) is 32.7 Å². The quantitative estimate of drug-likeness (QED) is 0.769. The zero-order valence-electron chi connectivity index (χ0n) is 12.8. The van der Waals surface area contributed by atoms with Gasteiger partial charge in [0.15, 0.2) is 0 Å². The summed E-state index contributed by atoms with van der Waals surface area (Å²) in [7, 11) is 0. The molecule has 1 aliphatic heterocycles. The predicted molar refractivity (Wildman–Crippen MR) is 84.9 cm³/mol. The van der Waals surface area contributed by atoms with Gasteiger partial charge in [-0.3, -0.25) is 4.79 Å². The molecule has 0 aliphatic carbocycles. The number of esters is 1. The number of benzene rings is 1. The van der Waals surface area contributed by atoms with Crippen molar-refractivity contribution in [1.29, 1.82) is 0 Å². The maximum absolute atomic E-state index is 11.8. The van der Waals surface area contributed by atoms with Gasteiger partial charge in [0.1, 0.15) is 6.54 Å². The second-order valence-electron chi connectivity index (χ2n) is 5.53. The molecule has 1 aliphatic rings. The number of fused-ring (bicyclic) bond motifs is 1. The molecule has 2 aromatic rings. The molecule has 0 spiro atoms. The number of carbonyl (C=O) groups is 1. The molecule has 1 unspecified atom stereocenters. The van der Waals surface area contributed by atoms with Crippen LogP contribution in [0.4, 0.5) is 5.69 Å². The first-order valence-electron chi connectivity index (χ1n) is 7.73. The van der Waals surface area contributed by atoms with Crippen LogP contribution in [-0.2, 0) is 16.1 Å². The average Bonchev–Trinajstić information content (AvgIpc) is 3.14. The molecule has 1 atom stereocenters. The Kier molecular flexibility index (Phi) is 4.42. The van der Waals surface area contributed by atoms with Gasteiger partial charge in [0.05, 0.1) is 12.9 Å². The standard InChI is InChI=1S/C17H21N3O2/c1-2-22-17(21)12-20-11-14(7-9-19-10-8-18-13-19)15-5-3-4-6-16(15)20/h3-6,8,10,13-14H,2,7,9,11-12H2,1H3. The second kappa shape index (κ2) is 6.64. The van der Waals surface area contributed by atoms with Crippen molar-refractivity contribution in [2.75, 3.05) is 24.6 Å². The molecular weight excluding hydrogens is 278 g/mol. The SMILES string of the molecule is CCOC(=O)CN1CC(CCn2ccnc2)c2ccccc21. The van der Waals surface area contributed by atoms with Gasteiger partial charge in [-0.2, -0.15) is 0 Å². The van der Waals surface area contributed by atoms with E-state index in [0.29, 0.717) is 19.1 Å². The Morgan fingerprint density at radius 3 is 3.05 bits per heavy atom. The average molecular weight is 299 g/mol. The molecule has 2 heterocycles. The molecule has 0 N–H and O–H groups in total. The lowest BCUT2D eigenvalue weighted by atomic mass is 9.98. The summed E-state index contributed by atoms with van der Waals surface area (Å²) >= 11 is 0. The Labute approximate surface area is 130 Å². The van der Waals surface area contributed by atoms with Crippen molar-refractivity contribution < 1.29 is 9.53 Å². The van der Waals surface area contributed by atoms with E-state index in [0.717, 1.165) is 25.2 Å². The summed E-state index contributed by atoms with van der Waals surface area (Å²) in [5, 5.41) is 0. The number of carbonyl (C=O) groups excluding carboxylic acids is 1. The Balaban J connectivity index is 1.69. The first-order valence-corrected chi connectivity index (χ1v) is 7.73. The van der Waals surface area contributed by atoms with E-state index in [1.54, 1.807) is 6.20 Å². The third-order valence-corrected chi connectivity index (χ3v) is 4.08. The van der Waals surface area contributed by atoms with Gasteiger partial charge in [-0.05, 0) is 25.0 Å². The van der Waals surface area contributed by atoms with E-state index < -0.39 is 0 Å². The van der Waals surface area contributed by atoms with Crippen LogP contribution in [0.2, 0.25) is 0 Å². The Morgan fingerprint density at radius 1 is 1.41 bits per heavy atom. The van der Waals surface area contributed by atoms with Crippen molar-refractivity contribution in [3.05, 3.63) is 48.5 Å². The summed E-state index contributed by atoms with van der Waals surface area (Å²) < 4.78 is 7.17. The van der Waals surface area contributed by atoms with Gasteiger partial charge < -0.3 is 14.2 Å². The highest BCUT2D eigenvalue weighted by Crippen LogP contribution is 2.37. The molecule has 1 aromatic carbocycles. The lowest BCUT2D eigenvalue weighted by molar-refractivity contribution is -0.141. The molecule has 1 aromatic heterocycles. The fraction of sp³-hybridized carbons (Fsp3) is 0.412. The van der Waals surface area contributed by atoms with Crippen molar-refractivity contribution >= 4 is 11.7 Å². The fourth-order valence-corrected chi connectivity index (χ4v) is 3.07. The minimum atomic E-state index is -0.160. The van der Waals surface area contributed by atoms with Crippen molar-refractivity contribution in [2.24, 2.45) is 0 Å². The summed E-state index contributed by atoms with van der Waals surface area (Å²) in [5.74, 6) is 0.278. The largest absolute Gasteiger partial charge is 0.465 e. The number of aryl methyl sites for hydroxylation is 1. The molecule has 0 saturated heterocycles. The van der Waals surface area contributed by atoms with Crippen LogP contribution < -0.4 is 4.90 Å². The number of hydrogen-bond donors (Lipinski definition) is 0. The van der Waals surface area contributed by atoms with Gasteiger partial charge in [-0.25, -0.2) is 4.98 Å². The highest BCUT2D eigenvalue weighted by atomic mass is 16.5. The number of nitrogens with zero attached hydrogens (tertiary/aromatic N) is 3. The van der Waals surface area contributed by atoms with Crippen LogP contribution in [0, 0.1) is 0 Å². The van der Waals surface area contributed by atoms with Crippen molar-refractivity contribution in [3.63, 3.8) is 0 Å². The lowest BCUT2D eigenvalue weighted by Crippen LogP contribution is -2.30. The topological polar surface area (TPSA) is 47.4 Å². The summed E-state index contributed by atoms with van der Waals surface area (Å²) in [6.45, 7) is 4.40. The van der Waals surface area contributed by atoms with Crippen molar-refractivity contribution in [1.82, 2.24) is 9.55 Å². The zero-order chi connectivity index (χ0) is 15.4. The molecule has 0 bridgehead atoms. The molecule has 0 radical (unpaired) electrons. The molecule has 22 heavy (non-hydrogen) atoms. The van der Waals surface area contributed by atoms with Gasteiger partial charge in [0, 0.05) is 37.1 Å². The molecule has 3 rings (SSSR count).